The van der Waals surface area contributed by atoms with Crippen molar-refractivity contribution in [3.63, 3.8) is 0 Å². The summed E-state index contributed by atoms with van der Waals surface area (Å²) in [5, 5.41) is 3.50. The fourth-order valence-corrected chi connectivity index (χ4v) is 3.53. The average molecular weight is 478 g/mol. The van der Waals surface area contributed by atoms with Gasteiger partial charge in [0.2, 0.25) is 0 Å². The number of rotatable bonds is 5. The number of morpholine rings is 1. The molecule has 0 aromatic carbocycles. The van der Waals surface area contributed by atoms with Crippen LogP contribution in [-0.2, 0) is 9.47 Å². The summed E-state index contributed by atoms with van der Waals surface area (Å²) in [5.74, 6) is 1.86. The van der Waals surface area contributed by atoms with E-state index in [1.165, 1.54) is 0 Å². The van der Waals surface area contributed by atoms with Gasteiger partial charge in [-0.2, -0.15) is 0 Å². The topological polar surface area (TPSA) is 62.5 Å². The molecule has 1 aromatic rings. The molecule has 2 fully saturated rings. The molecule has 0 amide bonds. The Morgan fingerprint density at radius 1 is 1.35 bits per heavy atom. The first-order valence-electron chi connectivity index (χ1n) is 9.07. The molecule has 3 atom stereocenters. The number of likely N-dealkylation sites (N-methyl/N-ethyl adjacent to an activating group) is 1. The Labute approximate surface area is 173 Å². The first-order valence-corrected chi connectivity index (χ1v) is 9.07. The molecule has 3 unspecified atom stereocenters. The molecule has 0 spiro atoms. The molecule has 2 saturated heterocycles. The lowest BCUT2D eigenvalue weighted by Crippen LogP contribution is -2.54. The van der Waals surface area contributed by atoms with Gasteiger partial charge in [-0.05, 0) is 39.1 Å². The molecule has 3 heterocycles. The van der Waals surface area contributed by atoms with Crippen molar-refractivity contribution < 1.29 is 13.9 Å². The standard InChI is InChI=1S/C18H30N4O3.HI/c1-19-18(20-12-14(21(2)3)15-6-4-9-23-15)22-8-11-25-17(13-22)16-7-5-10-24-16;/h4,6,9,14,16-17H,5,7-8,10-13H2,1-3H3,(H,19,20);1H. The van der Waals surface area contributed by atoms with Crippen LogP contribution in [0.5, 0.6) is 0 Å². The van der Waals surface area contributed by atoms with E-state index in [0.717, 1.165) is 50.8 Å². The lowest BCUT2D eigenvalue weighted by Gasteiger charge is -2.37. The van der Waals surface area contributed by atoms with E-state index in [9.17, 15) is 0 Å². The maximum atomic E-state index is 5.94. The predicted molar refractivity (Wildman–Crippen MR) is 112 cm³/mol. The monoisotopic (exact) mass is 478 g/mol. The second-order valence-corrected chi connectivity index (χ2v) is 6.83. The number of nitrogens with one attached hydrogen (secondary N) is 1. The molecule has 2 aliphatic heterocycles. The molecule has 0 aliphatic carbocycles. The van der Waals surface area contributed by atoms with Crippen molar-refractivity contribution in [2.75, 3.05) is 54.0 Å². The minimum Gasteiger partial charge on any atom is -0.468 e. The Morgan fingerprint density at radius 2 is 2.15 bits per heavy atom. The molecule has 2 aliphatic rings. The van der Waals surface area contributed by atoms with Crippen molar-refractivity contribution in [2.24, 2.45) is 4.99 Å². The van der Waals surface area contributed by atoms with Gasteiger partial charge in [0, 0.05) is 33.3 Å². The summed E-state index contributed by atoms with van der Waals surface area (Å²) < 4.78 is 17.3. The largest absolute Gasteiger partial charge is 0.468 e. The molecule has 3 rings (SSSR count). The van der Waals surface area contributed by atoms with E-state index in [-0.39, 0.29) is 42.2 Å². The highest BCUT2D eigenvalue weighted by Gasteiger charge is 2.32. The third-order valence-corrected chi connectivity index (χ3v) is 4.93. The van der Waals surface area contributed by atoms with Crippen LogP contribution in [0.25, 0.3) is 0 Å². The summed E-state index contributed by atoms with van der Waals surface area (Å²) in [7, 11) is 5.94. The van der Waals surface area contributed by atoms with Gasteiger partial charge in [0.25, 0.3) is 0 Å². The summed E-state index contributed by atoms with van der Waals surface area (Å²) in [5.41, 5.74) is 0. The quantitative estimate of drug-likeness (QED) is 0.397. The molecule has 26 heavy (non-hydrogen) atoms. The molecule has 0 radical (unpaired) electrons. The number of aliphatic imine (C=N–C) groups is 1. The van der Waals surface area contributed by atoms with E-state index in [1.807, 2.05) is 19.2 Å². The lowest BCUT2D eigenvalue weighted by atomic mass is 10.1. The Balaban J connectivity index is 0.00000243. The molecular formula is C18H31IN4O3. The summed E-state index contributed by atoms with van der Waals surface area (Å²) in [4.78, 5) is 8.89. The number of hydrogen-bond acceptors (Lipinski definition) is 5. The molecule has 7 nitrogen and oxygen atoms in total. The van der Waals surface area contributed by atoms with Crippen molar-refractivity contribution in [1.82, 2.24) is 15.1 Å². The van der Waals surface area contributed by atoms with E-state index in [2.05, 4.69) is 34.2 Å². The molecule has 0 bridgehead atoms. The Morgan fingerprint density at radius 3 is 2.77 bits per heavy atom. The molecule has 1 aromatic heterocycles. The third kappa shape index (κ3) is 5.34. The number of ether oxygens (including phenoxy) is 2. The van der Waals surface area contributed by atoms with Gasteiger partial charge in [0.1, 0.15) is 11.9 Å². The number of guanidine groups is 1. The minimum atomic E-state index is 0. The van der Waals surface area contributed by atoms with Crippen LogP contribution in [0.15, 0.2) is 27.8 Å². The maximum absolute atomic E-state index is 5.94. The van der Waals surface area contributed by atoms with E-state index in [4.69, 9.17) is 13.9 Å². The van der Waals surface area contributed by atoms with E-state index in [0.29, 0.717) is 6.61 Å². The Kier molecular flexibility index (Phi) is 8.65. The van der Waals surface area contributed by atoms with Crippen LogP contribution in [0.1, 0.15) is 24.6 Å². The Hall–Kier alpha value is -0.840. The fourth-order valence-electron chi connectivity index (χ4n) is 3.53. The lowest BCUT2D eigenvalue weighted by molar-refractivity contribution is -0.0817. The van der Waals surface area contributed by atoms with Crippen LogP contribution in [0.3, 0.4) is 0 Å². The molecule has 0 saturated carbocycles. The Bertz CT molecular complexity index is 547. The predicted octanol–water partition coefficient (Wildman–Crippen LogP) is 1.96. The van der Waals surface area contributed by atoms with Gasteiger partial charge >= 0.3 is 0 Å². The van der Waals surface area contributed by atoms with Gasteiger partial charge in [0.05, 0.1) is 25.0 Å². The van der Waals surface area contributed by atoms with Gasteiger partial charge < -0.3 is 24.1 Å². The zero-order valence-electron chi connectivity index (χ0n) is 15.9. The van der Waals surface area contributed by atoms with Crippen molar-refractivity contribution in [3.8, 4) is 0 Å². The summed E-state index contributed by atoms with van der Waals surface area (Å²) >= 11 is 0. The highest BCUT2D eigenvalue weighted by Crippen LogP contribution is 2.21. The highest BCUT2D eigenvalue weighted by molar-refractivity contribution is 14.0. The normalized spacial score (nSPS) is 25.2. The van der Waals surface area contributed by atoms with Crippen LogP contribution in [0.2, 0.25) is 0 Å². The van der Waals surface area contributed by atoms with Gasteiger partial charge in [0.15, 0.2) is 5.96 Å². The average Bonchev–Trinajstić information content (AvgIpc) is 3.32. The number of nitrogens with zero attached hydrogens (tertiary/aromatic N) is 3. The van der Waals surface area contributed by atoms with Crippen LogP contribution in [0.4, 0.5) is 0 Å². The van der Waals surface area contributed by atoms with E-state index < -0.39 is 0 Å². The summed E-state index contributed by atoms with van der Waals surface area (Å²) in [6.07, 6.45) is 4.29. The van der Waals surface area contributed by atoms with Crippen molar-refractivity contribution in [3.05, 3.63) is 24.2 Å². The van der Waals surface area contributed by atoms with Gasteiger partial charge in [-0.3, -0.25) is 9.89 Å². The second kappa shape index (κ2) is 10.5. The molecular weight excluding hydrogens is 447 g/mol. The van der Waals surface area contributed by atoms with Crippen LogP contribution in [0, 0.1) is 0 Å². The number of furan rings is 1. The van der Waals surface area contributed by atoms with Gasteiger partial charge in [-0.1, -0.05) is 0 Å². The first kappa shape index (κ1) is 21.5. The maximum Gasteiger partial charge on any atom is 0.193 e. The highest BCUT2D eigenvalue weighted by atomic mass is 127. The summed E-state index contributed by atoms with van der Waals surface area (Å²) in [6.45, 7) is 3.95. The van der Waals surface area contributed by atoms with E-state index in [1.54, 1.807) is 6.26 Å². The molecule has 148 valence electrons. The van der Waals surface area contributed by atoms with E-state index >= 15 is 0 Å². The van der Waals surface area contributed by atoms with Crippen molar-refractivity contribution in [1.29, 1.82) is 0 Å². The van der Waals surface area contributed by atoms with Crippen molar-refractivity contribution in [2.45, 2.75) is 31.1 Å². The fraction of sp³-hybridized carbons (Fsp3) is 0.722. The zero-order chi connectivity index (χ0) is 17.6. The third-order valence-electron chi connectivity index (χ3n) is 4.93. The van der Waals surface area contributed by atoms with Crippen LogP contribution in [-0.4, -0.2) is 82.0 Å². The first-order chi connectivity index (χ1) is 12.2. The molecule has 8 heteroatoms. The van der Waals surface area contributed by atoms with Crippen LogP contribution < -0.4 is 5.32 Å². The number of hydrogen-bond donors (Lipinski definition) is 1. The summed E-state index contributed by atoms with van der Waals surface area (Å²) in [6, 6.07) is 4.09. The van der Waals surface area contributed by atoms with Gasteiger partial charge in [-0.25, -0.2) is 0 Å². The van der Waals surface area contributed by atoms with Gasteiger partial charge in [-0.15, -0.1) is 24.0 Å². The SMILES string of the molecule is CN=C(NCC(c1ccco1)N(C)C)N1CCOC(C2CCCO2)C1.I. The minimum absolute atomic E-state index is 0. The van der Waals surface area contributed by atoms with Crippen molar-refractivity contribution >= 4 is 29.9 Å². The molecule has 1 N–H and O–H groups in total. The number of halogens is 1. The van der Waals surface area contributed by atoms with Crippen LogP contribution >= 0.6 is 24.0 Å². The second-order valence-electron chi connectivity index (χ2n) is 6.83. The zero-order valence-corrected chi connectivity index (χ0v) is 18.2. The smallest absolute Gasteiger partial charge is 0.193 e.